The fraction of sp³-hybridized carbons (Fsp3) is 0.500. The van der Waals surface area contributed by atoms with Crippen molar-refractivity contribution in [3.8, 4) is 0 Å². The molecule has 296 valence electrons. The van der Waals surface area contributed by atoms with E-state index in [0.717, 1.165) is 11.1 Å². The second-order valence-electron chi connectivity index (χ2n) is 14.1. The van der Waals surface area contributed by atoms with E-state index in [2.05, 4.69) is 36.9 Å². The van der Waals surface area contributed by atoms with Crippen molar-refractivity contribution in [1.29, 1.82) is 0 Å². The molecule has 1 fully saturated rings. The highest BCUT2D eigenvalue weighted by Crippen LogP contribution is 2.23. The number of aliphatic hydroxyl groups excluding tert-OH is 1. The summed E-state index contributed by atoms with van der Waals surface area (Å²) in [7, 11) is 1.66. The highest BCUT2D eigenvalue weighted by Gasteiger charge is 2.40. The molecule has 3 aliphatic rings. The van der Waals surface area contributed by atoms with Crippen molar-refractivity contribution >= 4 is 35.3 Å². The third kappa shape index (κ3) is 12.1. The normalized spacial score (nSPS) is 23.2. The number of aliphatic hydroxyl groups is 1. The van der Waals surface area contributed by atoms with E-state index in [1.165, 1.54) is 0 Å². The zero-order valence-electron chi connectivity index (χ0n) is 31.3. The van der Waals surface area contributed by atoms with E-state index in [0.29, 0.717) is 50.3 Å². The van der Waals surface area contributed by atoms with E-state index >= 15 is 0 Å². The van der Waals surface area contributed by atoms with E-state index in [4.69, 9.17) is 0 Å². The first-order chi connectivity index (χ1) is 26.5. The predicted octanol–water partition coefficient (Wildman–Crippen LogP) is -0.489. The van der Waals surface area contributed by atoms with Gasteiger partial charge in [0.15, 0.2) is 0 Å². The lowest BCUT2D eigenvalue weighted by molar-refractivity contribution is -0.138. The van der Waals surface area contributed by atoms with Crippen LogP contribution in [0.1, 0.15) is 43.0 Å². The molecular weight excluding hydrogens is 708 g/mol. The molecule has 17 nitrogen and oxygen atoms in total. The maximum atomic E-state index is 14.0. The van der Waals surface area contributed by atoms with Crippen LogP contribution in [0.4, 0.5) is 5.69 Å². The lowest BCUT2D eigenvalue weighted by atomic mass is 10.0. The zero-order chi connectivity index (χ0) is 39.3. The van der Waals surface area contributed by atoms with Gasteiger partial charge in [0.25, 0.3) is 0 Å². The molecule has 17 heteroatoms. The molecule has 0 aliphatic carbocycles. The molecule has 1 saturated heterocycles. The number of carbonyl (C=O) groups is 5. The third-order valence-corrected chi connectivity index (χ3v) is 9.99. The minimum absolute atomic E-state index is 0.117. The van der Waals surface area contributed by atoms with Crippen molar-refractivity contribution in [2.24, 2.45) is 0 Å². The number of amides is 4. The Hall–Kier alpha value is -5.23. The molecule has 4 bridgehead atoms. The number of benzene rings is 2. The number of anilines is 1. The number of carboxylic acids is 1. The SMILES string of the molecule is CN[C@@H](C)C(=O)N[C@H]1Cc2ccc(cc2)NC(=O)CCc2cn(nn2)CCN(CC(=O)O)CCNC(=O)[C@H](Cc2ccccc2)NC(=O)[C@@H]2CCCN2C1O. The first-order valence-corrected chi connectivity index (χ1v) is 18.7. The van der Waals surface area contributed by atoms with Gasteiger partial charge in [0.2, 0.25) is 23.6 Å². The molecule has 0 radical (unpaired) electrons. The van der Waals surface area contributed by atoms with Gasteiger partial charge in [-0.3, -0.25) is 38.5 Å². The van der Waals surface area contributed by atoms with E-state index in [1.54, 1.807) is 46.8 Å². The average molecular weight is 761 g/mol. The maximum Gasteiger partial charge on any atom is 0.317 e. The minimum atomic E-state index is -1.25. The number of likely N-dealkylation sites (N-methyl/N-ethyl adjacent to an activating group) is 1. The molecule has 6 rings (SSSR count). The van der Waals surface area contributed by atoms with Gasteiger partial charge in [0.1, 0.15) is 12.3 Å². The van der Waals surface area contributed by atoms with Gasteiger partial charge >= 0.3 is 5.97 Å². The van der Waals surface area contributed by atoms with Gasteiger partial charge in [-0.2, -0.15) is 0 Å². The number of aryl methyl sites for hydroxylation is 1. The van der Waals surface area contributed by atoms with Crippen molar-refractivity contribution in [2.75, 3.05) is 45.1 Å². The van der Waals surface area contributed by atoms with Gasteiger partial charge < -0.3 is 36.8 Å². The number of hydrogen-bond donors (Lipinski definition) is 7. The number of nitrogens with one attached hydrogen (secondary N) is 5. The summed E-state index contributed by atoms with van der Waals surface area (Å²) in [5.41, 5.74) is 2.81. The molecule has 1 unspecified atom stereocenters. The second-order valence-corrected chi connectivity index (χ2v) is 14.1. The zero-order valence-corrected chi connectivity index (χ0v) is 31.3. The fourth-order valence-electron chi connectivity index (χ4n) is 6.79. The van der Waals surface area contributed by atoms with Crippen molar-refractivity contribution in [3.05, 3.63) is 77.6 Å². The first-order valence-electron chi connectivity index (χ1n) is 18.7. The standard InChI is InChI=1S/C38H52N10O7/c1-25(39-2)35(52)43-31-22-27-10-12-28(13-11-27)41-33(49)15-14-29-23-47(45-44-29)20-19-46(24-34(50)51)18-16-40-36(53)30(21-26-7-4-3-5-8-26)42-37(54)32-9-6-17-48(32)38(31)55/h3-5,7-8,10-13,23,25,30-32,38-39,55H,6,9,14-22,24H2,1-2H3,(H,40,53)(H,41,49)(H,42,54)(H,43,52)(H,50,51)/t25-,30-,31-,32-,38?/m0/s1. The van der Waals surface area contributed by atoms with Gasteiger partial charge in [0, 0.05) is 57.3 Å². The topological polar surface area (TPSA) is 223 Å². The molecule has 4 heterocycles. The van der Waals surface area contributed by atoms with Crippen LogP contribution in [0.5, 0.6) is 0 Å². The molecule has 4 amide bonds. The Bertz CT molecular complexity index is 1760. The van der Waals surface area contributed by atoms with Crippen LogP contribution in [-0.2, 0) is 49.8 Å². The number of fused-ring (bicyclic) bond motifs is 16. The van der Waals surface area contributed by atoms with E-state index in [1.807, 2.05) is 42.5 Å². The van der Waals surface area contributed by atoms with Crippen LogP contribution in [-0.4, -0.2) is 135 Å². The Labute approximate surface area is 320 Å². The lowest BCUT2D eigenvalue weighted by Gasteiger charge is -2.35. The Morgan fingerprint density at radius 3 is 2.47 bits per heavy atom. The minimum Gasteiger partial charge on any atom is -0.480 e. The van der Waals surface area contributed by atoms with Crippen LogP contribution in [0.25, 0.3) is 0 Å². The van der Waals surface area contributed by atoms with Gasteiger partial charge in [0.05, 0.1) is 36.9 Å². The summed E-state index contributed by atoms with van der Waals surface area (Å²) in [4.78, 5) is 68.6. The van der Waals surface area contributed by atoms with E-state index in [9.17, 15) is 34.2 Å². The Kier molecular flexibility index (Phi) is 14.8. The third-order valence-electron chi connectivity index (χ3n) is 9.99. The molecular formula is C38H52N10O7. The van der Waals surface area contributed by atoms with Crippen LogP contribution in [0, 0.1) is 0 Å². The monoisotopic (exact) mass is 760 g/mol. The Balaban J connectivity index is 1.41. The van der Waals surface area contributed by atoms with Crippen molar-refractivity contribution in [3.63, 3.8) is 0 Å². The maximum absolute atomic E-state index is 14.0. The van der Waals surface area contributed by atoms with Crippen LogP contribution in [0.15, 0.2) is 60.8 Å². The van der Waals surface area contributed by atoms with Crippen molar-refractivity contribution in [2.45, 2.75) is 82.4 Å². The summed E-state index contributed by atoms with van der Waals surface area (Å²) in [5.74, 6) is -2.43. The second kappa shape index (κ2) is 19.9. The number of nitrogens with zero attached hydrogens (tertiary/aromatic N) is 5. The van der Waals surface area contributed by atoms with Crippen molar-refractivity contribution < 1.29 is 34.2 Å². The lowest BCUT2D eigenvalue weighted by Crippen LogP contribution is -2.60. The molecule has 7 N–H and O–H groups in total. The summed E-state index contributed by atoms with van der Waals surface area (Å²) in [6.45, 7) is 2.81. The Morgan fingerprint density at radius 1 is 0.982 bits per heavy atom. The predicted molar refractivity (Wildman–Crippen MR) is 202 cm³/mol. The number of carbonyl (C=O) groups excluding carboxylic acids is 4. The van der Waals surface area contributed by atoms with Crippen LogP contribution >= 0.6 is 0 Å². The average Bonchev–Trinajstić information content (AvgIpc) is 3.86. The highest BCUT2D eigenvalue weighted by atomic mass is 16.4. The quantitative estimate of drug-likeness (QED) is 0.152. The Morgan fingerprint density at radius 2 is 1.75 bits per heavy atom. The molecule has 0 spiro atoms. The van der Waals surface area contributed by atoms with Gasteiger partial charge in [-0.15, -0.1) is 5.10 Å². The summed E-state index contributed by atoms with van der Waals surface area (Å²) < 4.78 is 1.59. The van der Waals surface area contributed by atoms with E-state index < -0.39 is 48.2 Å². The fourth-order valence-corrected chi connectivity index (χ4v) is 6.79. The van der Waals surface area contributed by atoms with Gasteiger partial charge in [-0.25, -0.2) is 0 Å². The van der Waals surface area contributed by atoms with Crippen LogP contribution in [0.2, 0.25) is 0 Å². The van der Waals surface area contributed by atoms with E-state index in [-0.39, 0.29) is 50.7 Å². The molecule has 3 aromatic rings. The largest absolute Gasteiger partial charge is 0.480 e. The first kappa shape index (κ1) is 40.9. The molecule has 3 aliphatic heterocycles. The number of aromatic nitrogens is 3. The van der Waals surface area contributed by atoms with Crippen molar-refractivity contribution in [1.82, 2.24) is 46.1 Å². The van der Waals surface area contributed by atoms with Crippen LogP contribution < -0.4 is 26.6 Å². The smallest absolute Gasteiger partial charge is 0.317 e. The molecule has 0 saturated carbocycles. The molecule has 2 aromatic carbocycles. The summed E-state index contributed by atoms with van der Waals surface area (Å²) in [5, 5.41) is 44.3. The molecule has 55 heavy (non-hydrogen) atoms. The number of hydrogen-bond acceptors (Lipinski definition) is 11. The summed E-state index contributed by atoms with van der Waals surface area (Å²) in [6.07, 6.45) is 2.46. The summed E-state index contributed by atoms with van der Waals surface area (Å²) >= 11 is 0. The number of carboxylic acid groups (broad SMARTS) is 1. The van der Waals surface area contributed by atoms with Gasteiger partial charge in [-0.05, 0) is 56.5 Å². The number of rotatable bonds is 7. The molecule has 5 atom stereocenters. The van der Waals surface area contributed by atoms with Crippen LogP contribution in [0.3, 0.4) is 0 Å². The molecule has 1 aromatic heterocycles. The van der Waals surface area contributed by atoms with Gasteiger partial charge in [-0.1, -0.05) is 47.7 Å². The highest BCUT2D eigenvalue weighted by molar-refractivity contribution is 5.91. The number of aliphatic carboxylic acids is 1. The summed E-state index contributed by atoms with van der Waals surface area (Å²) in [6, 6.07) is 13.3.